The summed E-state index contributed by atoms with van der Waals surface area (Å²) in [4.78, 5) is 3.86. The van der Waals surface area contributed by atoms with E-state index in [-0.39, 0.29) is 17.3 Å². The summed E-state index contributed by atoms with van der Waals surface area (Å²) < 4.78 is 18.2. The number of hydrogen-bond donors (Lipinski definition) is 1. The Kier molecular flexibility index (Phi) is 2.89. The van der Waals surface area contributed by atoms with Crippen molar-refractivity contribution in [3.8, 4) is 11.5 Å². The maximum atomic E-state index is 13.4. The minimum absolute atomic E-state index is 0.00380. The molecule has 1 heterocycles. The maximum Gasteiger partial charge on any atom is 0.261 e. The summed E-state index contributed by atoms with van der Waals surface area (Å²) in [6.07, 6.45) is -0.861. The molecule has 0 fully saturated rings. The van der Waals surface area contributed by atoms with Gasteiger partial charge in [0.1, 0.15) is 11.9 Å². The molecule has 0 radical (unpaired) electrons. The van der Waals surface area contributed by atoms with Crippen LogP contribution in [0.15, 0.2) is 22.7 Å². The lowest BCUT2D eigenvalue weighted by Crippen LogP contribution is -1.93. The van der Waals surface area contributed by atoms with Crippen LogP contribution in [0.5, 0.6) is 0 Å². The molecule has 0 aliphatic carbocycles. The standard InChI is InChI=1S/C10H8ClFN2O2/c1-5(15)9-13-10(16-14-9)7-4-6(11)2-3-8(7)12/h2-5,15H,1H3. The van der Waals surface area contributed by atoms with Crippen LogP contribution in [-0.4, -0.2) is 15.2 Å². The van der Waals surface area contributed by atoms with Crippen LogP contribution >= 0.6 is 11.6 Å². The van der Waals surface area contributed by atoms with Gasteiger partial charge in [0.15, 0.2) is 5.82 Å². The zero-order valence-electron chi connectivity index (χ0n) is 8.32. The van der Waals surface area contributed by atoms with Crippen LogP contribution in [0.4, 0.5) is 4.39 Å². The molecule has 6 heteroatoms. The predicted octanol–water partition coefficient (Wildman–Crippen LogP) is 2.58. The molecule has 2 aromatic rings. The van der Waals surface area contributed by atoms with Gasteiger partial charge in [0.25, 0.3) is 5.89 Å². The smallest absolute Gasteiger partial charge is 0.261 e. The van der Waals surface area contributed by atoms with Gasteiger partial charge in [-0.3, -0.25) is 0 Å². The monoisotopic (exact) mass is 242 g/mol. The van der Waals surface area contributed by atoms with Gasteiger partial charge in [0.05, 0.1) is 5.56 Å². The van der Waals surface area contributed by atoms with Crippen LogP contribution in [0, 0.1) is 5.82 Å². The minimum Gasteiger partial charge on any atom is -0.385 e. The van der Waals surface area contributed by atoms with E-state index in [1.165, 1.54) is 25.1 Å². The highest BCUT2D eigenvalue weighted by molar-refractivity contribution is 6.30. The molecule has 84 valence electrons. The van der Waals surface area contributed by atoms with Gasteiger partial charge in [0, 0.05) is 5.02 Å². The predicted molar refractivity (Wildman–Crippen MR) is 55.3 cm³/mol. The number of rotatable bonds is 2. The van der Waals surface area contributed by atoms with Crippen molar-refractivity contribution in [1.82, 2.24) is 10.1 Å². The van der Waals surface area contributed by atoms with Gasteiger partial charge in [-0.1, -0.05) is 16.8 Å². The van der Waals surface area contributed by atoms with E-state index < -0.39 is 11.9 Å². The topological polar surface area (TPSA) is 59.2 Å². The van der Waals surface area contributed by atoms with Gasteiger partial charge in [0.2, 0.25) is 0 Å². The molecule has 16 heavy (non-hydrogen) atoms. The highest BCUT2D eigenvalue weighted by atomic mass is 35.5. The maximum absolute atomic E-state index is 13.4. The molecule has 0 saturated heterocycles. The molecule has 0 spiro atoms. The van der Waals surface area contributed by atoms with Crippen LogP contribution in [0.3, 0.4) is 0 Å². The third-order valence-corrected chi connectivity index (χ3v) is 2.21. The highest BCUT2D eigenvalue weighted by Gasteiger charge is 2.15. The Balaban J connectivity index is 2.46. The molecule has 1 N–H and O–H groups in total. The van der Waals surface area contributed by atoms with Gasteiger partial charge in [-0.25, -0.2) is 4.39 Å². The van der Waals surface area contributed by atoms with Crippen molar-refractivity contribution < 1.29 is 14.0 Å². The second-order valence-corrected chi connectivity index (χ2v) is 3.69. The van der Waals surface area contributed by atoms with Crippen molar-refractivity contribution in [2.24, 2.45) is 0 Å². The van der Waals surface area contributed by atoms with E-state index in [0.29, 0.717) is 5.02 Å². The molecular weight excluding hydrogens is 235 g/mol. The molecule has 0 amide bonds. The molecule has 0 aliphatic rings. The van der Waals surface area contributed by atoms with Crippen LogP contribution < -0.4 is 0 Å². The fourth-order valence-electron chi connectivity index (χ4n) is 1.18. The summed E-state index contributed by atoms with van der Waals surface area (Å²) in [5.74, 6) is -0.407. The van der Waals surface area contributed by atoms with E-state index in [9.17, 15) is 9.50 Å². The minimum atomic E-state index is -0.861. The van der Waals surface area contributed by atoms with Crippen molar-refractivity contribution in [3.63, 3.8) is 0 Å². The largest absolute Gasteiger partial charge is 0.385 e. The molecule has 0 saturated carbocycles. The van der Waals surface area contributed by atoms with Gasteiger partial charge in [-0.05, 0) is 25.1 Å². The Morgan fingerprint density at radius 1 is 1.50 bits per heavy atom. The van der Waals surface area contributed by atoms with E-state index in [4.69, 9.17) is 16.1 Å². The Labute approximate surface area is 95.7 Å². The van der Waals surface area contributed by atoms with Gasteiger partial charge < -0.3 is 9.63 Å². The van der Waals surface area contributed by atoms with Crippen LogP contribution in [0.25, 0.3) is 11.5 Å². The highest BCUT2D eigenvalue weighted by Crippen LogP contribution is 2.25. The Hall–Kier alpha value is -1.46. The summed E-state index contributed by atoms with van der Waals surface area (Å²) >= 11 is 5.73. The Morgan fingerprint density at radius 2 is 2.25 bits per heavy atom. The number of hydrogen-bond acceptors (Lipinski definition) is 4. The fraction of sp³-hybridized carbons (Fsp3) is 0.200. The number of aliphatic hydroxyl groups excluding tert-OH is 1. The molecule has 2 rings (SSSR count). The average Bonchev–Trinajstić information content (AvgIpc) is 2.70. The van der Waals surface area contributed by atoms with Crippen LogP contribution in [0.2, 0.25) is 5.02 Å². The molecule has 4 nitrogen and oxygen atoms in total. The molecule has 0 bridgehead atoms. The average molecular weight is 243 g/mol. The number of aromatic nitrogens is 2. The lowest BCUT2D eigenvalue weighted by atomic mass is 10.2. The summed E-state index contributed by atoms with van der Waals surface area (Å²) in [5.41, 5.74) is 0.118. The second-order valence-electron chi connectivity index (χ2n) is 3.26. The van der Waals surface area contributed by atoms with Gasteiger partial charge in [-0.2, -0.15) is 4.98 Å². The van der Waals surface area contributed by atoms with Crippen molar-refractivity contribution in [2.45, 2.75) is 13.0 Å². The first-order valence-corrected chi connectivity index (χ1v) is 4.93. The SMILES string of the molecule is CC(O)c1noc(-c2cc(Cl)ccc2F)n1. The Bertz CT molecular complexity index is 513. The lowest BCUT2D eigenvalue weighted by Gasteiger charge is -1.97. The molecule has 0 aliphatic heterocycles. The number of aliphatic hydroxyl groups is 1. The molecular formula is C10H8ClFN2O2. The van der Waals surface area contributed by atoms with Gasteiger partial charge in [-0.15, -0.1) is 0 Å². The fourth-order valence-corrected chi connectivity index (χ4v) is 1.35. The number of benzene rings is 1. The van der Waals surface area contributed by atoms with Crippen molar-refractivity contribution in [3.05, 3.63) is 34.9 Å². The van der Waals surface area contributed by atoms with Crippen LogP contribution in [-0.2, 0) is 0 Å². The molecule has 1 unspecified atom stereocenters. The van der Waals surface area contributed by atoms with Crippen molar-refractivity contribution in [2.75, 3.05) is 0 Å². The quantitative estimate of drug-likeness (QED) is 0.879. The van der Waals surface area contributed by atoms with Crippen molar-refractivity contribution >= 4 is 11.6 Å². The Morgan fingerprint density at radius 3 is 2.88 bits per heavy atom. The molecule has 1 atom stereocenters. The van der Waals surface area contributed by atoms with Crippen molar-refractivity contribution in [1.29, 1.82) is 0 Å². The summed E-state index contributed by atoms with van der Waals surface area (Å²) in [6.45, 7) is 1.49. The normalized spacial score (nSPS) is 12.8. The first kappa shape index (κ1) is 11.0. The third-order valence-electron chi connectivity index (χ3n) is 1.97. The van der Waals surface area contributed by atoms with Gasteiger partial charge >= 0.3 is 0 Å². The van der Waals surface area contributed by atoms with E-state index in [1.807, 2.05) is 0 Å². The lowest BCUT2D eigenvalue weighted by molar-refractivity contribution is 0.184. The number of halogens is 2. The van der Waals surface area contributed by atoms with E-state index in [2.05, 4.69) is 10.1 Å². The second kappa shape index (κ2) is 4.19. The molecule has 1 aromatic carbocycles. The third kappa shape index (κ3) is 2.05. The summed E-state index contributed by atoms with van der Waals surface area (Å²) in [5, 5.41) is 13.1. The van der Waals surface area contributed by atoms with E-state index in [0.717, 1.165) is 0 Å². The van der Waals surface area contributed by atoms with Crippen LogP contribution in [0.1, 0.15) is 18.9 Å². The number of nitrogens with zero attached hydrogens (tertiary/aromatic N) is 2. The zero-order chi connectivity index (χ0) is 11.7. The molecule has 1 aromatic heterocycles. The zero-order valence-corrected chi connectivity index (χ0v) is 9.07. The summed E-state index contributed by atoms with van der Waals surface area (Å²) in [7, 11) is 0. The van der Waals surface area contributed by atoms with E-state index >= 15 is 0 Å². The summed E-state index contributed by atoms with van der Waals surface area (Å²) in [6, 6.07) is 4.02. The van der Waals surface area contributed by atoms with E-state index in [1.54, 1.807) is 0 Å². The first-order valence-electron chi connectivity index (χ1n) is 4.55. The first-order chi connectivity index (χ1) is 7.58.